The first-order valence-corrected chi connectivity index (χ1v) is 12.6. The third kappa shape index (κ3) is 5.70. The Labute approximate surface area is 194 Å². The van der Waals surface area contributed by atoms with Crippen molar-refractivity contribution in [3.8, 4) is 11.6 Å². The maximum absolute atomic E-state index is 12.8. The second-order valence-electron chi connectivity index (χ2n) is 8.01. The Morgan fingerprint density at radius 2 is 1.76 bits per heavy atom. The Kier molecular flexibility index (Phi) is 6.93. The fourth-order valence-corrected chi connectivity index (χ4v) is 4.82. The van der Waals surface area contributed by atoms with Crippen molar-refractivity contribution in [1.82, 2.24) is 10.3 Å². The zero-order chi connectivity index (χ0) is 23.3. The molecule has 0 fully saturated rings. The summed E-state index contributed by atoms with van der Waals surface area (Å²) in [4.78, 5) is 16.4. The highest BCUT2D eigenvalue weighted by Gasteiger charge is 2.18. The van der Waals surface area contributed by atoms with Gasteiger partial charge < -0.3 is 10.1 Å². The minimum absolute atomic E-state index is 0.128. The van der Waals surface area contributed by atoms with Crippen molar-refractivity contribution in [1.29, 1.82) is 0 Å². The van der Waals surface area contributed by atoms with Crippen LogP contribution in [0.3, 0.4) is 0 Å². The molecule has 8 heteroatoms. The number of aromatic nitrogens is 1. The number of carbonyl (C=O) groups excluding carboxylic acids is 1. The minimum atomic E-state index is -3.71. The van der Waals surface area contributed by atoms with E-state index in [2.05, 4.69) is 15.0 Å². The van der Waals surface area contributed by atoms with Crippen molar-refractivity contribution in [3.63, 3.8) is 0 Å². The zero-order valence-electron chi connectivity index (χ0n) is 18.5. The molecule has 2 N–H and O–H groups in total. The van der Waals surface area contributed by atoms with Gasteiger partial charge in [0.15, 0.2) is 0 Å². The number of hydrogen-bond acceptors (Lipinski definition) is 5. The number of pyridine rings is 1. The van der Waals surface area contributed by atoms with Gasteiger partial charge in [-0.1, -0.05) is 13.0 Å². The predicted octanol–water partition coefficient (Wildman–Crippen LogP) is 4.69. The van der Waals surface area contributed by atoms with Crippen LogP contribution in [-0.2, 0) is 22.9 Å². The Bertz CT molecular complexity index is 1220. The number of fused-ring (bicyclic) bond motifs is 1. The van der Waals surface area contributed by atoms with Gasteiger partial charge in [-0.15, -0.1) is 0 Å². The summed E-state index contributed by atoms with van der Waals surface area (Å²) in [6.45, 7) is 2.62. The van der Waals surface area contributed by atoms with Crippen molar-refractivity contribution in [2.45, 2.75) is 43.9 Å². The molecule has 2 aromatic carbocycles. The maximum atomic E-state index is 12.8. The van der Waals surface area contributed by atoms with Gasteiger partial charge in [-0.3, -0.25) is 9.52 Å². The highest BCUT2D eigenvalue weighted by molar-refractivity contribution is 7.92. The van der Waals surface area contributed by atoms with Crippen LogP contribution in [0.5, 0.6) is 11.6 Å². The molecule has 33 heavy (non-hydrogen) atoms. The van der Waals surface area contributed by atoms with E-state index in [0.717, 1.165) is 37.7 Å². The van der Waals surface area contributed by atoms with E-state index in [1.54, 1.807) is 48.5 Å². The van der Waals surface area contributed by atoms with Crippen LogP contribution in [0.1, 0.15) is 47.7 Å². The molecule has 1 aliphatic carbocycles. The molecule has 0 atom stereocenters. The van der Waals surface area contributed by atoms with Gasteiger partial charge in [0.05, 0.1) is 16.8 Å². The van der Waals surface area contributed by atoms with Crippen LogP contribution in [0.2, 0.25) is 0 Å². The van der Waals surface area contributed by atoms with Crippen molar-refractivity contribution < 1.29 is 17.9 Å². The number of carbonyl (C=O) groups is 1. The second kappa shape index (κ2) is 10.0. The van der Waals surface area contributed by atoms with Crippen LogP contribution < -0.4 is 14.8 Å². The Morgan fingerprint density at radius 1 is 1.00 bits per heavy atom. The summed E-state index contributed by atoms with van der Waals surface area (Å²) in [7, 11) is -3.71. The summed E-state index contributed by atoms with van der Waals surface area (Å²) in [5, 5.41) is 2.82. The Morgan fingerprint density at radius 3 is 2.45 bits per heavy atom. The number of rotatable bonds is 8. The lowest BCUT2D eigenvalue weighted by Crippen LogP contribution is -2.23. The molecule has 1 heterocycles. The van der Waals surface area contributed by atoms with E-state index in [0.29, 0.717) is 29.4 Å². The highest BCUT2D eigenvalue weighted by atomic mass is 32.2. The summed E-state index contributed by atoms with van der Waals surface area (Å²) in [6.07, 6.45) is 6.44. The molecule has 0 aliphatic heterocycles. The highest BCUT2D eigenvalue weighted by Crippen LogP contribution is 2.26. The van der Waals surface area contributed by atoms with Crippen LogP contribution in [0.25, 0.3) is 0 Å². The monoisotopic (exact) mass is 465 g/mol. The van der Waals surface area contributed by atoms with Crippen molar-refractivity contribution in [3.05, 3.63) is 77.5 Å². The number of hydrogen-bond donors (Lipinski definition) is 2. The van der Waals surface area contributed by atoms with Crippen molar-refractivity contribution >= 4 is 21.6 Å². The van der Waals surface area contributed by atoms with Gasteiger partial charge in [0.25, 0.3) is 15.9 Å². The lowest BCUT2D eigenvalue weighted by molar-refractivity contribution is 0.0953. The van der Waals surface area contributed by atoms with Crippen LogP contribution in [0.4, 0.5) is 5.69 Å². The van der Waals surface area contributed by atoms with Crippen LogP contribution in [0, 0.1) is 0 Å². The predicted molar refractivity (Wildman–Crippen MR) is 127 cm³/mol. The number of aryl methyl sites for hydroxylation is 2. The molecule has 0 saturated carbocycles. The lowest BCUT2D eigenvalue weighted by Gasteiger charge is -2.17. The topological polar surface area (TPSA) is 97.4 Å². The molecule has 0 bridgehead atoms. The molecule has 0 unspecified atom stereocenters. The van der Waals surface area contributed by atoms with Crippen molar-refractivity contribution in [2.24, 2.45) is 0 Å². The first kappa shape index (κ1) is 22.8. The SMILES string of the molecule is CCCNC(=O)c1ccc(Oc2ccc(NS(=O)(=O)c3ccc4c(c3)CCCC4)cn2)cc1. The molecular weight excluding hydrogens is 438 g/mol. The number of nitrogens with one attached hydrogen (secondary N) is 2. The summed E-state index contributed by atoms with van der Waals surface area (Å²) in [6, 6.07) is 15.3. The molecule has 1 aliphatic rings. The average molecular weight is 466 g/mol. The number of ether oxygens (including phenoxy) is 1. The van der Waals surface area contributed by atoms with Gasteiger partial charge >= 0.3 is 0 Å². The number of benzene rings is 2. The summed E-state index contributed by atoms with van der Waals surface area (Å²) in [5.41, 5.74) is 3.25. The van der Waals surface area contributed by atoms with Crippen LogP contribution >= 0.6 is 0 Å². The first-order valence-electron chi connectivity index (χ1n) is 11.1. The summed E-state index contributed by atoms with van der Waals surface area (Å²) >= 11 is 0. The molecule has 1 aromatic heterocycles. The minimum Gasteiger partial charge on any atom is -0.439 e. The Balaban J connectivity index is 1.39. The van der Waals surface area contributed by atoms with Gasteiger partial charge in [-0.25, -0.2) is 13.4 Å². The number of anilines is 1. The molecule has 0 spiro atoms. The van der Waals surface area contributed by atoms with Gasteiger partial charge in [0.1, 0.15) is 5.75 Å². The maximum Gasteiger partial charge on any atom is 0.261 e. The fraction of sp³-hybridized carbons (Fsp3) is 0.280. The molecule has 4 rings (SSSR count). The smallest absolute Gasteiger partial charge is 0.261 e. The molecule has 1 amide bonds. The number of sulfonamides is 1. The van der Waals surface area contributed by atoms with E-state index in [4.69, 9.17) is 4.74 Å². The average Bonchev–Trinajstić information content (AvgIpc) is 2.83. The number of nitrogens with zero attached hydrogens (tertiary/aromatic N) is 1. The van der Waals surface area contributed by atoms with Crippen LogP contribution in [0.15, 0.2) is 65.7 Å². The number of amides is 1. The summed E-state index contributed by atoms with van der Waals surface area (Å²) < 4.78 is 33.9. The van der Waals surface area contributed by atoms with E-state index in [-0.39, 0.29) is 10.8 Å². The van der Waals surface area contributed by atoms with E-state index in [1.807, 2.05) is 13.0 Å². The van der Waals surface area contributed by atoms with Crippen molar-refractivity contribution in [2.75, 3.05) is 11.3 Å². The normalized spacial score (nSPS) is 13.1. The molecule has 7 nitrogen and oxygen atoms in total. The standard InChI is InChI=1S/C25H27N3O4S/c1-2-15-26-25(29)19-7-11-22(12-8-19)32-24-14-10-21(17-27-24)28-33(30,31)23-13-9-18-5-3-4-6-20(18)16-23/h7-14,16-17,28H,2-6,15H2,1H3,(H,26,29). The molecule has 3 aromatic rings. The lowest BCUT2D eigenvalue weighted by atomic mass is 9.92. The van der Waals surface area contributed by atoms with Crippen LogP contribution in [-0.4, -0.2) is 25.9 Å². The van der Waals surface area contributed by atoms with Gasteiger partial charge in [0, 0.05) is 18.2 Å². The molecule has 0 radical (unpaired) electrons. The zero-order valence-corrected chi connectivity index (χ0v) is 19.3. The van der Waals surface area contributed by atoms with Gasteiger partial charge in [-0.05, 0) is 85.7 Å². The molecular formula is C25H27N3O4S. The first-order chi connectivity index (χ1) is 15.9. The summed E-state index contributed by atoms with van der Waals surface area (Å²) in [5.74, 6) is 0.712. The molecule has 172 valence electrons. The van der Waals surface area contributed by atoms with E-state index >= 15 is 0 Å². The Hall–Kier alpha value is -3.39. The quantitative estimate of drug-likeness (QED) is 0.503. The third-order valence-corrected chi connectivity index (χ3v) is 6.87. The van der Waals surface area contributed by atoms with E-state index in [9.17, 15) is 13.2 Å². The largest absolute Gasteiger partial charge is 0.439 e. The van der Waals surface area contributed by atoms with Gasteiger partial charge in [-0.2, -0.15) is 0 Å². The molecule has 0 saturated heterocycles. The fourth-order valence-electron chi connectivity index (χ4n) is 3.73. The third-order valence-electron chi connectivity index (χ3n) is 5.49. The van der Waals surface area contributed by atoms with E-state index < -0.39 is 10.0 Å². The van der Waals surface area contributed by atoms with E-state index in [1.165, 1.54) is 11.8 Å². The van der Waals surface area contributed by atoms with Gasteiger partial charge in [0.2, 0.25) is 5.88 Å². The second-order valence-corrected chi connectivity index (χ2v) is 9.69.